The van der Waals surface area contributed by atoms with Crippen molar-refractivity contribution in [1.29, 1.82) is 0 Å². The smallest absolute Gasteiger partial charge is 0.138 e. The first-order chi connectivity index (χ1) is 9.34. The largest absolute Gasteiger partial charge is 0.387 e. The third-order valence-corrected chi connectivity index (χ3v) is 3.61. The molecule has 0 saturated heterocycles. The molecule has 0 aromatic carbocycles. The molecule has 19 heavy (non-hydrogen) atoms. The van der Waals surface area contributed by atoms with Gasteiger partial charge in [-0.05, 0) is 17.5 Å². The van der Waals surface area contributed by atoms with Gasteiger partial charge in [0.2, 0.25) is 0 Å². The van der Waals surface area contributed by atoms with E-state index in [1.807, 2.05) is 17.5 Å². The lowest BCUT2D eigenvalue weighted by Crippen LogP contribution is -2.13. The number of fused-ring (bicyclic) bond motifs is 1. The van der Waals surface area contributed by atoms with Crippen LogP contribution in [0.4, 0.5) is 5.82 Å². The van der Waals surface area contributed by atoms with Gasteiger partial charge in [-0.2, -0.15) is 0 Å². The average Bonchev–Trinajstić information content (AvgIpc) is 2.94. The van der Waals surface area contributed by atoms with E-state index in [0.717, 1.165) is 21.6 Å². The van der Waals surface area contributed by atoms with Crippen LogP contribution in [-0.2, 0) is 0 Å². The number of aliphatic hydroxyl groups excluding tert-OH is 1. The summed E-state index contributed by atoms with van der Waals surface area (Å²) in [5.74, 6) is 0.745. The molecule has 3 heterocycles. The van der Waals surface area contributed by atoms with Crippen molar-refractivity contribution < 1.29 is 5.11 Å². The maximum atomic E-state index is 10.1. The molecule has 0 bridgehead atoms. The second-order valence-electron chi connectivity index (χ2n) is 4.04. The lowest BCUT2D eigenvalue weighted by molar-refractivity contribution is 0.191. The quantitative estimate of drug-likeness (QED) is 0.762. The molecule has 0 saturated carbocycles. The van der Waals surface area contributed by atoms with Gasteiger partial charge in [-0.15, -0.1) is 11.3 Å². The van der Waals surface area contributed by atoms with E-state index in [1.54, 1.807) is 29.8 Å². The summed E-state index contributed by atoms with van der Waals surface area (Å²) in [6.45, 7) is 0.383. The molecule has 2 N–H and O–H groups in total. The van der Waals surface area contributed by atoms with Gasteiger partial charge in [0.25, 0.3) is 0 Å². The Bertz CT molecular complexity index is 670. The molecule has 1 unspecified atom stereocenters. The van der Waals surface area contributed by atoms with Crippen molar-refractivity contribution in [3.63, 3.8) is 0 Å². The summed E-state index contributed by atoms with van der Waals surface area (Å²) in [5.41, 5.74) is 0.783. The van der Waals surface area contributed by atoms with Crippen molar-refractivity contribution in [1.82, 2.24) is 15.0 Å². The molecular weight excluding hydrogens is 260 g/mol. The highest BCUT2D eigenvalue weighted by Crippen LogP contribution is 2.24. The molecule has 3 rings (SSSR count). The van der Waals surface area contributed by atoms with Gasteiger partial charge in [0.15, 0.2) is 0 Å². The minimum atomic E-state index is -0.614. The normalized spacial score (nSPS) is 12.5. The molecule has 0 radical (unpaired) electrons. The van der Waals surface area contributed by atoms with E-state index in [9.17, 15) is 5.11 Å². The Kier molecular flexibility index (Phi) is 3.35. The van der Waals surface area contributed by atoms with Crippen LogP contribution in [0.1, 0.15) is 11.7 Å². The first-order valence-corrected chi connectivity index (χ1v) is 6.72. The summed E-state index contributed by atoms with van der Waals surface area (Å²) in [6, 6.07) is 5.62. The SMILES string of the molecule is OC(CNc1ncnc2sccc12)c1cccnc1. The van der Waals surface area contributed by atoms with Crippen LogP contribution in [0.3, 0.4) is 0 Å². The van der Waals surface area contributed by atoms with E-state index >= 15 is 0 Å². The molecule has 6 heteroatoms. The van der Waals surface area contributed by atoms with E-state index in [2.05, 4.69) is 20.3 Å². The topological polar surface area (TPSA) is 70.9 Å². The first-order valence-electron chi connectivity index (χ1n) is 5.84. The maximum Gasteiger partial charge on any atom is 0.138 e. The van der Waals surface area contributed by atoms with Crippen LogP contribution < -0.4 is 5.32 Å². The highest BCUT2D eigenvalue weighted by atomic mass is 32.1. The standard InChI is InChI=1S/C13H12N4OS/c18-11(9-2-1-4-14-6-9)7-15-12-10-3-5-19-13(10)17-8-16-12/h1-6,8,11,18H,7H2,(H,15,16,17). The maximum absolute atomic E-state index is 10.1. The van der Waals surface area contributed by atoms with E-state index in [-0.39, 0.29) is 0 Å². The fourth-order valence-electron chi connectivity index (χ4n) is 1.82. The van der Waals surface area contributed by atoms with Crippen molar-refractivity contribution in [2.45, 2.75) is 6.10 Å². The zero-order valence-corrected chi connectivity index (χ0v) is 10.8. The second kappa shape index (κ2) is 5.29. The molecule has 3 aromatic rings. The molecule has 0 fully saturated rings. The fraction of sp³-hybridized carbons (Fsp3) is 0.154. The Balaban J connectivity index is 1.74. The summed E-state index contributed by atoms with van der Waals surface area (Å²) in [6.07, 6.45) is 4.25. The summed E-state index contributed by atoms with van der Waals surface area (Å²) in [5, 5.41) is 16.2. The zero-order valence-electron chi connectivity index (χ0n) is 10.0. The molecule has 96 valence electrons. The van der Waals surface area contributed by atoms with Crippen LogP contribution in [0.2, 0.25) is 0 Å². The molecular formula is C13H12N4OS. The van der Waals surface area contributed by atoms with Crippen LogP contribution >= 0.6 is 11.3 Å². The van der Waals surface area contributed by atoms with E-state index in [0.29, 0.717) is 6.54 Å². The molecule has 5 nitrogen and oxygen atoms in total. The average molecular weight is 272 g/mol. The third kappa shape index (κ3) is 2.54. The lowest BCUT2D eigenvalue weighted by atomic mass is 10.1. The Hall–Kier alpha value is -2.05. The van der Waals surface area contributed by atoms with Crippen molar-refractivity contribution in [3.8, 4) is 0 Å². The summed E-state index contributed by atoms with van der Waals surface area (Å²) in [4.78, 5) is 13.3. The Labute approximate surface area is 114 Å². The number of aromatic nitrogens is 3. The number of hydrogen-bond donors (Lipinski definition) is 2. The van der Waals surface area contributed by atoms with Crippen LogP contribution in [0.15, 0.2) is 42.3 Å². The van der Waals surface area contributed by atoms with Gasteiger partial charge in [0.05, 0.1) is 11.5 Å². The van der Waals surface area contributed by atoms with Gasteiger partial charge in [-0.25, -0.2) is 9.97 Å². The number of aliphatic hydroxyl groups is 1. The summed E-state index contributed by atoms with van der Waals surface area (Å²) in [7, 11) is 0. The molecule has 3 aromatic heterocycles. The highest BCUT2D eigenvalue weighted by molar-refractivity contribution is 7.16. The Morgan fingerprint density at radius 1 is 1.32 bits per heavy atom. The molecule has 0 aliphatic rings. The van der Waals surface area contributed by atoms with Crippen molar-refractivity contribution in [2.24, 2.45) is 0 Å². The summed E-state index contributed by atoms with van der Waals surface area (Å²) >= 11 is 1.57. The zero-order chi connectivity index (χ0) is 13.1. The number of thiophene rings is 1. The predicted octanol–water partition coefficient (Wildman–Crippen LogP) is 2.23. The predicted molar refractivity (Wildman–Crippen MR) is 75.1 cm³/mol. The van der Waals surface area contributed by atoms with Crippen molar-refractivity contribution in [2.75, 3.05) is 11.9 Å². The molecule has 0 aliphatic heterocycles. The van der Waals surface area contributed by atoms with Gasteiger partial charge >= 0.3 is 0 Å². The van der Waals surface area contributed by atoms with E-state index < -0.39 is 6.10 Å². The number of nitrogens with one attached hydrogen (secondary N) is 1. The minimum absolute atomic E-state index is 0.383. The Morgan fingerprint density at radius 3 is 3.11 bits per heavy atom. The molecule has 0 spiro atoms. The van der Waals surface area contributed by atoms with Gasteiger partial charge in [0, 0.05) is 24.5 Å². The number of hydrogen-bond acceptors (Lipinski definition) is 6. The number of nitrogens with zero attached hydrogens (tertiary/aromatic N) is 3. The van der Waals surface area contributed by atoms with Crippen LogP contribution in [-0.4, -0.2) is 26.6 Å². The lowest BCUT2D eigenvalue weighted by Gasteiger charge is -2.12. The second-order valence-corrected chi connectivity index (χ2v) is 4.94. The van der Waals surface area contributed by atoms with Gasteiger partial charge < -0.3 is 10.4 Å². The van der Waals surface area contributed by atoms with Gasteiger partial charge in [-0.3, -0.25) is 4.98 Å². The minimum Gasteiger partial charge on any atom is -0.387 e. The van der Waals surface area contributed by atoms with E-state index in [1.165, 1.54) is 6.33 Å². The summed E-state index contributed by atoms with van der Waals surface area (Å²) < 4.78 is 0. The Morgan fingerprint density at radius 2 is 2.26 bits per heavy atom. The third-order valence-electron chi connectivity index (χ3n) is 2.79. The van der Waals surface area contributed by atoms with Crippen LogP contribution in [0, 0.1) is 0 Å². The number of anilines is 1. The van der Waals surface area contributed by atoms with Gasteiger partial charge in [0.1, 0.15) is 17.0 Å². The number of rotatable bonds is 4. The van der Waals surface area contributed by atoms with Crippen LogP contribution in [0.5, 0.6) is 0 Å². The first kappa shape index (κ1) is 12.0. The van der Waals surface area contributed by atoms with Crippen molar-refractivity contribution in [3.05, 3.63) is 47.9 Å². The number of pyridine rings is 1. The molecule has 1 atom stereocenters. The van der Waals surface area contributed by atoms with E-state index in [4.69, 9.17) is 0 Å². The van der Waals surface area contributed by atoms with Crippen molar-refractivity contribution >= 4 is 27.4 Å². The van der Waals surface area contributed by atoms with Gasteiger partial charge in [-0.1, -0.05) is 6.07 Å². The monoisotopic (exact) mass is 272 g/mol. The molecule has 0 aliphatic carbocycles. The highest BCUT2D eigenvalue weighted by Gasteiger charge is 2.09. The fourth-order valence-corrected chi connectivity index (χ4v) is 2.55. The van der Waals surface area contributed by atoms with Crippen LogP contribution in [0.25, 0.3) is 10.2 Å². The molecule has 0 amide bonds.